The Morgan fingerprint density at radius 2 is 1.95 bits per heavy atom. The van der Waals surface area contributed by atoms with Gasteiger partial charge in [0.1, 0.15) is 0 Å². The van der Waals surface area contributed by atoms with E-state index in [1.165, 1.54) is 6.07 Å². The van der Waals surface area contributed by atoms with Crippen molar-refractivity contribution in [2.24, 2.45) is 5.73 Å². The normalized spacial score (nSPS) is 18.7. The summed E-state index contributed by atoms with van der Waals surface area (Å²) in [5.74, 6) is -0.144. The second-order valence-corrected chi connectivity index (χ2v) is 5.80. The summed E-state index contributed by atoms with van der Waals surface area (Å²) in [4.78, 5) is 13.9. The van der Waals surface area contributed by atoms with Crippen molar-refractivity contribution in [3.63, 3.8) is 0 Å². The van der Waals surface area contributed by atoms with Gasteiger partial charge in [-0.15, -0.1) is 12.4 Å². The minimum atomic E-state index is -0.144. The SMILES string of the molecule is Cl.N[C@@H]1CCN(CC(=O)Nc2cc(Cl)c(Cl)cc2Cl)C1. The van der Waals surface area contributed by atoms with Gasteiger partial charge in [-0.25, -0.2) is 0 Å². The molecular formula is C12H15Cl4N3O. The van der Waals surface area contributed by atoms with Crippen LogP contribution >= 0.6 is 47.2 Å². The number of rotatable bonds is 3. The first kappa shape index (κ1) is 17.8. The molecule has 0 spiro atoms. The molecule has 1 aromatic rings. The van der Waals surface area contributed by atoms with Gasteiger partial charge < -0.3 is 11.1 Å². The molecule has 20 heavy (non-hydrogen) atoms. The Balaban J connectivity index is 0.00000200. The van der Waals surface area contributed by atoms with Crippen LogP contribution in [0.4, 0.5) is 5.69 Å². The average molecular weight is 359 g/mol. The highest BCUT2D eigenvalue weighted by Crippen LogP contribution is 2.32. The van der Waals surface area contributed by atoms with E-state index in [4.69, 9.17) is 40.5 Å². The Kier molecular flexibility index (Phi) is 6.85. The summed E-state index contributed by atoms with van der Waals surface area (Å²) in [7, 11) is 0. The number of amides is 1. The molecule has 4 nitrogen and oxygen atoms in total. The number of nitrogens with two attached hydrogens (primary N) is 1. The highest BCUT2D eigenvalue weighted by molar-refractivity contribution is 6.44. The number of carbonyl (C=O) groups is 1. The molecule has 0 radical (unpaired) electrons. The van der Waals surface area contributed by atoms with Crippen molar-refractivity contribution in [1.82, 2.24) is 4.90 Å². The number of hydrogen-bond donors (Lipinski definition) is 2. The number of nitrogens with one attached hydrogen (secondary N) is 1. The molecule has 1 atom stereocenters. The molecule has 0 aliphatic carbocycles. The molecular weight excluding hydrogens is 344 g/mol. The molecule has 1 saturated heterocycles. The third-order valence-corrected chi connectivity index (χ3v) is 3.99. The van der Waals surface area contributed by atoms with Crippen LogP contribution in [0.5, 0.6) is 0 Å². The lowest BCUT2D eigenvalue weighted by molar-refractivity contribution is -0.117. The molecule has 1 aromatic carbocycles. The van der Waals surface area contributed by atoms with Crippen LogP contribution in [-0.4, -0.2) is 36.5 Å². The van der Waals surface area contributed by atoms with E-state index in [2.05, 4.69) is 5.32 Å². The van der Waals surface area contributed by atoms with Crippen LogP contribution in [0.3, 0.4) is 0 Å². The van der Waals surface area contributed by atoms with Crippen molar-refractivity contribution in [1.29, 1.82) is 0 Å². The number of nitrogens with zero attached hydrogens (tertiary/aromatic N) is 1. The van der Waals surface area contributed by atoms with Crippen molar-refractivity contribution >= 4 is 58.8 Å². The highest BCUT2D eigenvalue weighted by Gasteiger charge is 2.21. The standard InChI is InChI=1S/C12H14Cl3N3O.ClH/c13-8-3-10(15)11(4-9(8)14)17-12(19)6-18-2-1-7(16)5-18;/h3-4,7H,1-2,5-6,16H2,(H,17,19);1H/t7-;/m1./s1. The largest absolute Gasteiger partial charge is 0.326 e. The van der Waals surface area contributed by atoms with Gasteiger partial charge in [0.15, 0.2) is 0 Å². The summed E-state index contributed by atoms with van der Waals surface area (Å²) in [6.07, 6.45) is 0.917. The van der Waals surface area contributed by atoms with E-state index in [9.17, 15) is 4.79 Å². The number of likely N-dealkylation sites (tertiary alicyclic amines) is 1. The maximum atomic E-state index is 11.9. The first-order valence-corrected chi connectivity index (χ1v) is 7.01. The smallest absolute Gasteiger partial charge is 0.238 e. The fourth-order valence-electron chi connectivity index (χ4n) is 2.02. The number of halogens is 4. The molecule has 1 heterocycles. The van der Waals surface area contributed by atoms with Gasteiger partial charge in [-0.3, -0.25) is 9.69 Å². The molecule has 0 aromatic heterocycles. The second kappa shape index (κ2) is 7.69. The minimum absolute atomic E-state index is 0. The molecule has 1 fully saturated rings. The molecule has 0 unspecified atom stereocenters. The number of benzene rings is 1. The zero-order valence-electron chi connectivity index (χ0n) is 10.5. The average Bonchev–Trinajstić information content (AvgIpc) is 2.71. The molecule has 112 valence electrons. The summed E-state index contributed by atoms with van der Waals surface area (Å²) in [6, 6.07) is 3.20. The second-order valence-electron chi connectivity index (χ2n) is 4.58. The zero-order chi connectivity index (χ0) is 14.0. The molecule has 8 heteroatoms. The van der Waals surface area contributed by atoms with Crippen molar-refractivity contribution in [3.05, 3.63) is 27.2 Å². The molecule has 1 aliphatic heterocycles. The van der Waals surface area contributed by atoms with Crippen LogP contribution in [0.2, 0.25) is 15.1 Å². The third kappa shape index (κ3) is 4.65. The lowest BCUT2D eigenvalue weighted by Gasteiger charge is -2.15. The molecule has 1 amide bonds. The van der Waals surface area contributed by atoms with Gasteiger partial charge in [0.2, 0.25) is 5.91 Å². The summed E-state index contributed by atoms with van der Waals surface area (Å²) in [6.45, 7) is 1.87. The zero-order valence-corrected chi connectivity index (χ0v) is 13.6. The highest BCUT2D eigenvalue weighted by atomic mass is 35.5. The lowest BCUT2D eigenvalue weighted by Crippen LogP contribution is -2.33. The van der Waals surface area contributed by atoms with Gasteiger partial charge in [-0.2, -0.15) is 0 Å². The number of anilines is 1. The Morgan fingerprint density at radius 3 is 2.55 bits per heavy atom. The molecule has 0 bridgehead atoms. The van der Waals surface area contributed by atoms with Crippen LogP contribution in [0.1, 0.15) is 6.42 Å². The number of carbonyl (C=O) groups excluding carboxylic acids is 1. The Labute approximate surface area is 138 Å². The van der Waals surface area contributed by atoms with E-state index in [1.54, 1.807) is 6.07 Å². The minimum Gasteiger partial charge on any atom is -0.326 e. The fraction of sp³-hybridized carbons (Fsp3) is 0.417. The van der Waals surface area contributed by atoms with Gasteiger partial charge in [-0.05, 0) is 18.6 Å². The van der Waals surface area contributed by atoms with Crippen molar-refractivity contribution < 1.29 is 4.79 Å². The Hall–Kier alpha value is -0.230. The van der Waals surface area contributed by atoms with E-state index in [0.717, 1.165) is 19.5 Å². The van der Waals surface area contributed by atoms with Crippen molar-refractivity contribution in [2.45, 2.75) is 12.5 Å². The molecule has 2 rings (SSSR count). The van der Waals surface area contributed by atoms with Crippen LogP contribution in [0.25, 0.3) is 0 Å². The van der Waals surface area contributed by atoms with E-state index >= 15 is 0 Å². The van der Waals surface area contributed by atoms with Crippen molar-refractivity contribution in [3.8, 4) is 0 Å². The van der Waals surface area contributed by atoms with Gasteiger partial charge in [0.05, 0.1) is 27.3 Å². The summed E-state index contributed by atoms with van der Waals surface area (Å²) < 4.78 is 0. The van der Waals surface area contributed by atoms with Crippen LogP contribution in [0, 0.1) is 0 Å². The first-order chi connectivity index (χ1) is 8.95. The van der Waals surface area contributed by atoms with Crippen molar-refractivity contribution in [2.75, 3.05) is 25.0 Å². The lowest BCUT2D eigenvalue weighted by atomic mass is 10.3. The molecule has 1 aliphatic rings. The van der Waals surface area contributed by atoms with E-state index in [1.807, 2.05) is 4.90 Å². The maximum absolute atomic E-state index is 11.9. The molecule has 3 N–H and O–H groups in total. The maximum Gasteiger partial charge on any atom is 0.238 e. The predicted octanol–water partition coefficient (Wildman–Crippen LogP) is 3.04. The topological polar surface area (TPSA) is 58.4 Å². The van der Waals surface area contributed by atoms with Gasteiger partial charge in [0, 0.05) is 19.1 Å². The fourth-order valence-corrected chi connectivity index (χ4v) is 2.61. The number of hydrogen-bond acceptors (Lipinski definition) is 3. The van der Waals surface area contributed by atoms with E-state index in [-0.39, 0.29) is 24.4 Å². The summed E-state index contributed by atoms with van der Waals surface area (Å²) >= 11 is 17.7. The van der Waals surface area contributed by atoms with Gasteiger partial charge >= 0.3 is 0 Å². The first-order valence-electron chi connectivity index (χ1n) is 5.88. The Bertz CT molecular complexity index is 498. The summed E-state index contributed by atoms with van der Waals surface area (Å²) in [5.41, 5.74) is 6.25. The quantitative estimate of drug-likeness (QED) is 0.816. The Morgan fingerprint density at radius 1 is 1.30 bits per heavy atom. The molecule has 0 saturated carbocycles. The van der Waals surface area contributed by atoms with Gasteiger partial charge in [-0.1, -0.05) is 34.8 Å². The predicted molar refractivity (Wildman–Crippen MR) is 86.4 cm³/mol. The van der Waals surface area contributed by atoms with Crippen LogP contribution < -0.4 is 11.1 Å². The monoisotopic (exact) mass is 357 g/mol. The van der Waals surface area contributed by atoms with E-state index < -0.39 is 0 Å². The van der Waals surface area contributed by atoms with Crippen LogP contribution in [-0.2, 0) is 4.79 Å². The van der Waals surface area contributed by atoms with E-state index in [0.29, 0.717) is 27.3 Å². The van der Waals surface area contributed by atoms with Crippen LogP contribution in [0.15, 0.2) is 12.1 Å². The third-order valence-electron chi connectivity index (χ3n) is 2.96. The summed E-state index contributed by atoms with van der Waals surface area (Å²) in [5, 5.41) is 3.79. The van der Waals surface area contributed by atoms with Gasteiger partial charge in [0.25, 0.3) is 0 Å².